The molecule has 2 unspecified atom stereocenters. The lowest BCUT2D eigenvalue weighted by Gasteiger charge is -2.42. The normalized spacial score (nSPS) is 25.2. The molecule has 1 N–H and O–H groups in total. The molecule has 0 heterocycles. The minimum Gasteiger partial charge on any atom is -0.390 e. The Balaban J connectivity index is 1.55. The molecule has 0 spiro atoms. The van der Waals surface area contributed by atoms with Crippen LogP contribution in [0, 0.1) is 5.92 Å². The standard InChI is InChI=1S/C28H30O5/c1-20-24(29)26(31-17-21-11-5-2-6-12-21)28(33-19-23-15-9-4-10-16-23)27(25(20)30)32-18-22-13-7-3-8-14-22/h2-16,20,24,26-29H,17-19H2,1H3/t20?,24?,26-,27+,28+/m0/s1. The lowest BCUT2D eigenvalue weighted by molar-refractivity contribution is -0.210. The second-order valence-electron chi connectivity index (χ2n) is 8.42. The van der Waals surface area contributed by atoms with Gasteiger partial charge in [0.2, 0.25) is 0 Å². The van der Waals surface area contributed by atoms with Gasteiger partial charge in [-0.1, -0.05) is 97.9 Å². The van der Waals surface area contributed by atoms with Crippen molar-refractivity contribution in [1.29, 1.82) is 0 Å². The Hall–Kier alpha value is -2.83. The van der Waals surface area contributed by atoms with E-state index < -0.39 is 30.3 Å². The van der Waals surface area contributed by atoms with Crippen molar-refractivity contribution < 1.29 is 24.1 Å². The number of carbonyl (C=O) groups is 1. The Morgan fingerprint density at radius 2 is 1.03 bits per heavy atom. The van der Waals surface area contributed by atoms with Gasteiger partial charge in [0.05, 0.1) is 25.9 Å². The first-order valence-electron chi connectivity index (χ1n) is 11.3. The molecule has 4 rings (SSSR count). The van der Waals surface area contributed by atoms with Crippen molar-refractivity contribution in [3.05, 3.63) is 108 Å². The van der Waals surface area contributed by atoms with Crippen LogP contribution < -0.4 is 0 Å². The summed E-state index contributed by atoms with van der Waals surface area (Å²) in [6.07, 6.45) is -3.27. The molecular weight excluding hydrogens is 416 g/mol. The molecule has 1 aliphatic carbocycles. The van der Waals surface area contributed by atoms with Crippen LogP contribution in [0.25, 0.3) is 0 Å². The molecule has 0 aromatic heterocycles. The fraction of sp³-hybridized carbons (Fsp3) is 0.321. The summed E-state index contributed by atoms with van der Waals surface area (Å²) in [6, 6.07) is 29.2. The van der Waals surface area contributed by atoms with Crippen LogP contribution in [-0.2, 0) is 38.8 Å². The maximum atomic E-state index is 13.2. The van der Waals surface area contributed by atoms with Crippen molar-refractivity contribution in [1.82, 2.24) is 0 Å². The van der Waals surface area contributed by atoms with Crippen molar-refractivity contribution in [2.45, 2.75) is 51.2 Å². The lowest BCUT2D eigenvalue weighted by atomic mass is 9.80. The first kappa shape index (κ1) is 23.3. The topological polar surface area (TPSA) is 65.0 Å². The highest BCUT2D eigenvalue weighted by molar-refractivity contribution is 5.87. The molecule has 1 aliphatic rings. The van der Waals surface area contributed by atoms with Crippen LogP contribution >= 0.6 is 0 Å². The number of ketones is 1. The van der Waals surface area contributed by atoms with Gasteiger partial charge in [0, 0.05) is 5.92 Å². The van der Waals surface area contributed by atoms with Gasteiger partial charge in [-0.25, -0.2) is 0 Å². The molecule has 172 valence electrons. The third-order valence-electron chi connectivity index (χ3n) is 6.04. The largest absolute Gasteiger partial charge is 0.390 e. The summed E-state index contributed by atoms with van der Waals surface area (Å²) < 4.78 is 18.5. The van der Waals surface area contributed by atoms with Gasteiger partial charge in [0.15, 0.2) is 5.78 Å². The molecule has 5 nitrogen and oxygen atoms in total. The molecule has 5 atom stereocenters. The molecule has 0 bridgehead atoms. The molecule has 1 saturated carbocycles. The van der Waals surface area contributed by atoms with Gasteiger partial charge in [-0.2, -0.15) is 0 Å². The second-order valence-corrected chi connectivity index (χ2v) is 8.42. The Morgan fingerprint density at radius 3 is 1.48 bits per heavy atom. The zero-order valence-corrected chi connectivity index (χ0v) is 18.7. The Kier molecular flexibility index (Phi) is 8.02. The molecule has 0 aliphatic heterocycles. The van der Waals surface area contributed by atoms with Gasteiger partial charge >= 0.3 is 0 Å². The number of Topliss-reactive ketones (excluding diaryl/α,β-unsaturated/α-hetero) is 1. The number of aliphatic hydroxyl groups excluding tert-OH is 1. The summed E-state index contributed by atoms with van der Waals surface area (Å²) in [7, 11) is 0. The van der Waals surface area contributed by atoms with Crippen LogP contribution in [0.2, 0.25) is 0 Å². The summed E-state index contributed by atoms with van der Waals surface area (Å²) in [5, 5.41) is 11.0. The number of aliphatic hydroxyl groups is 1. The van der Waals surface area contributed by atoms with Gasteiger partial charge in [-0.15, -0.1) is 0 Å². The fourth-order valence-electron chi connectivity index (χ4n) is 4.09. The predicted molar refractivity (Wildman–Crippen MR) is 125 cm³/mol. The van der Waals surface area contributed by atoms with Gasteiger partial charge in [-0.05, 0) is 16.7 Å². The third-order valence-corrected chi connectivity index (χ3v) is 6.04. The number of carbonyl (C=O) groups excluding carboxylic acids is 1. The molecule has 3 aromatic rings. The van der Waals surface area contributed by atoms with E-state index in [9.17, 15) is 9.90 Å². The minimum atomic E-state index is -0.987. The van der Waals surface area contributed by atoms with E-state index in [2.05, 4.69) is 0 Å². The van der Waals surface area contributed by atoms with Crippen molar-refractivity contribution >= 4 is 5.78 Å². The van der Waals surface area contributed by atoms with Crippen LogP contribution in [0.3, 0.4) is 0 Å². The van der Waals surface area contributed by atoms with E-state index in [1.54, 1.807) is 6.92 Å². The number of benzene rings is 3. The van der Waals surface area contributed by atoms with Gasteiger partial charge < -0.3 is 19.3 Å². The van der Waals surface area contributed by atoms with Crippen LogP contribution in [-0.4, -0.2) is 35.3 Å². The van der Waals surface area contributed by atoms with Crippen LogP contribution in [0.4, 0.5) is 0 Å². The quantitative estimate of drug-likeness (QED) is 0.530. The second kappa shape index (κ2) is 11.3. The molecule has 0 saturated heterocycles. The third kappa shape index (κ3) is 5.95. The van der Waals surface area contributed by atoms with Crippen molar-refractivity contribution in [3.63, 3.8) is 0 Å². The van der Waals surface area contributed by atoms with E-state index in [-0.39, 0.29) is 19.0 Å². The van der Waals surface area contributed by atoms with Crippen LogP contribution in [0.15, 0.2) is 91.0 Å². The summed E-state index contributed by atoms with van der Waals surface area (Å²) in [5.74, 6) is -0.792. The molecular formula is C28H30O5. The Labute approximate surface area is 194 Å². The van der Waals surface area contributed by atoms with Crippen LogP contribution in [0.5, 0.6) is 0 Å². The molecule has 33 heavy (non-hydrogen) atoms. The average molecular weight is 447 g/mol. The van der Waals surface area contributed by atoms with E-state index in [4.69, 9.17) is 14.2 Å². The molecule has 1 fully saturated rings. The predicted octanol–water partition coefficient (Wildman–Crippen LogP) is 4.32. The van der Waals surface area contributed by atoms with E-state index in [0.29, 0.717) is 6.61 Å². The van der Waals surface area contributed by atoms with Gasteiger partial charge in [-0.3, -0.25) is 4.79 Å². The highest BCUT2D eigenvalue weighted by Gasteiger charge is 2.50. The molecule has 5 heteroatoms. The monoisotopic (exact) mass is 446 g/mol. The zero-order valence-electron chi connectivity index (χ0n) is 18.7. The first-order valence-corrected chi connectivity index (χ1v) is 11.3. The van der Waals surface area contributed by atoms with E-state index in [1.807, 2.05) is 91.0 Å². The minimum absolute atomic E-state index is 0.170. The highest BCUT2D eigenvalue weighted by atomic mass is 16.6. The van der Waals surface area contributed by atoms with Crippen LogP contribution in [0.1, 0.15) is 23.6 Å². The lowest BCUT2D eigenvalue weighted by Crippen LogP contribution is -2.60. The van der Waals surface area contributed by atoms with Gasteiger partial charge in [0.25, 0.3) is 0 Å². The fourth-order valence-corrected chi connectivity index (χ4v) is 4.09. The maximum absolute atomic E-state index is 13.2. The first-order chi connectivity index (χ1) is 16.1. The smallest absolute Gasteiger partial charge is 0.169 e. The summed E-state index contributed by atoms with van der Waals surface area (Å²) >= 11 is 0. The Bertz CT molecular complexity index is 993. The number of ether oxygens (including phenoxy) is 3. The van der Waals surface area contributed by atoms with E-state index in [0.717, 1.165) is 16.7 Å². The summed E-state index contributed by atoms with van der Waals surface area (Å²) in [6.45, 7) is 2.59. The van der Waals surface area contributed by atoms with Crippen molar-refractivity contribution in [3.8, 4) is 0 Å². The number of hydrogen-bond acceptors (Lipinski definition) is 5. The zero-order chi connectivity index (χ0) is 23.0. The Morgan fingerprint density at radius 1 is 0.636 bits per heavy atom. The summed E-state index contributed by atoms with van der Waals surface area (Å²) in [5.41, 5.74) is 2.92. The molecule has 0 radical (unpaired) electrons. The van der Waals surface area contributed by atoms with E-state index in [1.165, 1.54) is 0 Å². The van der Waals surface area contributed by atoms with Crippen molar-refractivity contribution in [2.75, 3.05) is 0 Å². The molecule has 3 aromatic carbocycles. The highest BCUT2D eigenvalue weighted by Crippen LogP contribution is 2.31. The number of rotatable bonds is 9. The SMILES string of the molecule is CC1C(=O)[C@@H](OCc2ccccc2)[C@H](OCc2ccccc2)[C@@H](OCc2ccccc2)C1O. The number of hydrogen-bond donors (Lipinski definition) is 1. The molecule has 0 amide bonds. The van der Waals surface area contributed by atoms with E-state index >= 15 is 0 Å². The van der Waals surface area contributed by atoms with Gasteiger partial charge in [0.1, 0.15) is 18.3 Å². The summed E-state index contributed by atoms with van der Waals surface area (Å²) in [4.78, 5) is 13.2. The maximum Gasteiger partial charge on any atom is 0.169 e. The average Bonchev–Trinajstić information content (AvgIpc) is 2.87. The van der Waals surface area contributed by atoms with Crippen molar-refractivity contribution in [2.24, 2.45) is 5.92 Å².